The van der Waals surface area contributed by atoms with Gasteiger partial charge in [-0.1, -0.05) is 17.7 Å². The number of anilines is 3. The lowest BCUT2D eigenvalue weighted by Crippen LogP contribution is -2.08. The normalized spacial score (nSPS) is 11.3. The van der Waals surface area contributed by atoms with Gasteiger partial charge in [0.25, 0.3) is 0 Å². The van der Waals surface area contributed by atoms with E-state index >= 15 is 0 Å². The summed E-state index contributed by atoms with van der Waals surface area (Å²) < 4.78 is 38.7. The van der Waals surface area contributed by atoms with E-state index in [9.17, 15) is 13.2 Å². The van der Waals surface area contributed by atoms with Crippen LogP contribution in [0.4, 0.5) is 30.6 Å². The Kier molecular flexibility index (Phi) is 5.46. The molecule has 5 nitrogen and oxygen atoms in total. The molecule has 9 heteroatoms. The molecule has 0 bridgehead atoms. The first-order chi connectivity index (χ1) is 12.8. The highest BCUT2D eigenvalue weighted by Crippen LogP contribution is 2.34. The van der Waals surface area contributed by atoms with Crippen molar-refractivity contribution < 1.29 is 13.2 Å². The van der Waals surface area contributed by atoms with Crippen LogP contribution in [0.5, 0.6) is 0 Å². The van der Waals surface area contributed by atoms with Gasteiger partial charge in [0, 0.05) is 18.0 Å². The van der Waals surface area contributed by atoms with Crippen molar-refractivity contribution >= 4 is 29.1 Å². The lowest BCUT2D eigenvalue weighted by atomic mass is 10.2. The molecule has 2 N–H and O–H groups in total. The Labute approximate surface area is 158 Å². The number of nitrogens with zero attached hydrogens (tertiary/aromatic N) is 3. The van der Waals surface area contributed by atoms with Gasteiger partial charge in [-0.25, -0.2) is 4.98 Å². The van der Waals surface area contributed by atoms with Crippen LogP contribution in [0.25, 0.3) is 0 Å². The van der Waals surface area contributed by atoms with Crippen molar-refractivity contribution in [2.24, 2.45) is 0 Å². The van der Waals surface area contributed by atoms with Gasteiger partial charge in [-0.2, -0.15) is 18.2 Å². The molecule has 3 aromatic rings. The Bertz CT molecular complexity index is 932. The summed E-state index contributed by atoms with van der Waals surface area (Å²) >= 11 is 6.02. The van der Waals surface area contributed by atoms with Crippen molar-refractivity contribution in [1.82, 2.24) is 15.0 Å². The second-order valence-electron chi connectivity index (χ2n) is 5.71. The van der Waals surface area contributed by atoms with Gasteiger partial charge in [0.15, 0.2) is 0 Å². The maximum atomic E-state index is 12.9. The molecule has 1 aromatic carbocycles. The monoisotopic (exact) mass is 393 g/mol. The second kappa shape index (κ2) is 7.79. The number of rotatable bonds is 5. The molecule has 0 aliphatic carbocycles. The van der Waals surface area contributed by atoms with Gasteiger partial charge in [0.1, 0.15) is 5.82 Å². The molecule has 2 aromatic heterocycles. The van der Waals surface area contributed by atoms with Crippen LogP contribution in [0.2, 0.25) is 5.02 Å². The van der Waals surface area contributed by atoms with E-state index in [1.165, 1.54) is 6.07 Å². The maximum absolute atomic E-state index is 12.9. The number of aryl methyl sites for hydroxylation is 1. The van der Waals surface area contributed by atoms with Gasteiger partial charge < -0.3 is 10.6 Å². The highest BCUT2D eigenvalue weighted by Gasteiger charge is 2.31. The van der Waals surface area contributed by atoms with Crippen LogP contribution in [-0.4, -0.2) is 15.0 Å². The molecule has 3 rings (SSSR count). The van der Waals surface area contributed by atoms with Gasteiger partial charge in [-0.3, -0.25) is 4.98 Å². The average Bonchev–Trinajstić information content (AvgIpc) is 2.61. The van der Waals surface area contributed by atoms with Crippen molar-refractivity contribution in [3.63, 3.8) is 0 Å². The summed E-state index contributed by atoms with van der Waals surface area (Å²) in [5, 5.41) is 6.02. The van der Waals surface area contributed by atoms with Gasteiger partial charge in [0.2, 0.25) is 5.95 Å². The van der Waals surface area contributed by atoms with Gasteiger partial charge in [-0.15, -0.1) is 0 Å². The molecular formula is C18H15ClF3N5. The molecule has 0 aliphatic heterocycles. The fourth-order valence-electron chi connectivity index (χ4n) is 2.32. The molecule has 2 heterocycles. The fourth-order valence-corrected chi connectivity index (χ4v) is 2.48. The number of pyridine rings is 1. The number of halogens is 4. The summed E-state index contributed by atoms with van der Waals surface area (Å²) in [6.45, 7) is 2.17. The predicted octanol–water partition coefficient (Wildman–Crippen LogP) is 5.21. The van der Waals surface area contributed by atoms with E-state index in [1.807, 2.05) is 18.2 Å². The third-order valence-corrected chi connectivity index (χ3v) is 3.89. The van der Waals surface area contributed by atoms with Crippen molar-refractivity contribution in [2.45, 2.75) is 19.6 Å². The predicted molar refractivity (Wildman–Crippen MR) is 98.1 cm³/mol. The zero-order valence-electron chi connectivity index (χ0n) is 14.2. The number of alkyl halides is 3. The Balaban J connectivity index is 1.80. The zero-order chi connectivity index (χ0) is 19.4. The van der Waals surface area contributed by atoms with Crippen molar-refractivity contribution in [3.05, 3.63) is 70.6 Å². The Hall–Kier alpha value is -2.87. The van der Waals surface area contributed by atoms with E-state index in [0.29, 0.717) is 24.0 Å². The molecule has 0 unspecified atom stereocenters. The van der Waals surface area contributed by atoms with Crippen LogP contribution >= 0.6 is 11.6 Å². The number of nitrogens with one attached hydrogen (secondary N) is 2. The van der Waals surface area contributed by atoms with Crippen molar-refractivity contribution in [2.75, 3.05) is 10.6 Å². The van der Waals surface area contributed by atoms with E-state index in [0.717, 1.165) is 17.8 Å². The maximum Gasteiger partial charge on any atom is 0.416 e. The van der Waals surface area contributed by atoms with Crippen LogP contribution < -0.4 is 10.6 Å². The van der Waals surface area contributed by atoms with Crippen LogP contribution in [0.3, 0.4) is 0 Å². The topological polar surface area (TPSA) is 62.7 Å². The van der Waals surface area contributed by atoms with Crippen molar-refractivity contribution in [3.8, 4) is 0 Å². The summed E-state index contributed by atoms with van der Waals surface area (Å²) in [5.41, 5.74) is 0.756. The molecule has 0 amide bonds. The number of hydrogen-bond acceptors (Lipinski definition) is 5. The van der Waals surface area contributed by atoms with E-state index in [4.69, 9.17) is 11.6 Å². The molecule has 0 saturated carbocycles. The highest BCUT2D eigenvalue weighted by atomic mass is 35.5. The third kappa shape index (κ3) is 5.07. The minimum absolute atomic E-state index is 0.111. The minimum Gasteiger partial charge on any atom is -0.349 e. The summed E-state index contributed by atoms with van der Waals surface area (Å²) in [6, 6.07) is 10.2. The largest absolute Gasteiger partial charge is 0.416 e. The molecule has 0 fully saturated rings. The second-order valence-corrected chi connectivity index (χ2v) is 6.12. The highest BCUT2D eigenvalue weighted by molar-refractivity contribution is 6.33. The van der Waals surface area contributed by atoms with Crippen molar-refractivity contribution in [1.29, 1.82) is 0 Å². The lowest BCUT2D eigenvalue weighted by molar-refractivity contribution is -0.137. The molecule has 0 saturated heterocycles. The van der Waals surface area contributed by atoms with Crippen LogP contribution in [0.15, 0.2) is 48.7 Å². The van der Waals surface area contributed by atoms with E-state index in [1.54, 1.807) is 19.2 Å². The first-order valence-electron chi connectivity index (χ1n) is 7.94. The zero-order valence-corrected chi connectivity index (χ0v) is 14.9. The summed E-state index contributed by atoms with van der Waals surface area (Å²) in [4.78, 5) is 12.7. The molecule has 27 heavy (non-hydrogen) atoms. The number of hydrogen-bond donors (Lipinski definition) is 2. The van der Waals surface area contributed by atoms with Gasteiger partial charge in [-0.05, 0) is 37.3 Å². The standard InChI is InChI=1S/C18H15ClF3N5/c1-11-8-16(26-15-9-12(18(20,21)22)5-6-14(15)19)27-17(25-11)24-10-13-4-2-3-7-23-13/h2-9H,10H2,1H3,(H2,24,25,26,27). The molecule has 0 aliphatic rings. The Morgan fingerprint density at radius 2 is 1.89 bits per heavy atom. The van der Waals surface area contributed by atoms with Crippen LogP contribution in [0.1, 0.15) is 17.0 Å². The van der Waals surface area contributed by atoms with E-state index < -0.39 is 11.7 Å². The van der Waals surface area contributed by atoms with Crippen LogP contribution in [0, 0.1) is 6.92 Å². The van der Waals surface area contributed by atoms with Crippen LogP contribution in [-0.2, 0) is 12.7 Å². The molecular weight excluding hydrogens is 379 g/mol. The Morgan fingerprint density at radius 3 is 2.59 bits per heavy atom. The lowest BCUT2D eigenvalue weighted by Gasteiger charge is -2.13. The summed E-state index contributed by atoms with van der Waals surface area (Å²) in [7, 11) is 0. The Morgan fingerprint density at radius 1 is 1.07 bits per heavy atom. The van der Waals surface area contributed by atoms with E-state index in [-0.39, 0.29) is 10.7 Å². The minimum atomic E-state index is -4.46. The number of aromatic nitrogens is 3. The third-order valence-electron chi connectivity index (χ3n) is 3.56. The summed E-state index contributed by atoms with van der Waals surface area (Å²) in [5.74, 6) is 0.651. The average molecular weight is 394 g/mol. The first kappa shape index (κ1) is 18.9. The van der Waals surface area contributed by atoms with Gasteiger partial charge >= 0.3 is 6.18 Å². The molecule has 0 atom stereocenters. The molecule has 0 spiro atoms. The molecule has 140 valence electrons. The van der Waals surface area contributed by atoms with Gasteiger partial charge in [0.05, 0.1) is 28.5 Å². The van der Waals surface area contributed by atoms with E-state index in [2.05, 4.69) is 25.6 Å². The smallest absolute Gasteiger partial charge is 0.349 e. The number of benzene rings is 1. The first-order valence-corrected chi connectivity index (χ1v) is 8.32. The fraction of sp³-hybridized carbons (Fsp3) is 0.167. The quantitative estimate of drug-likeness (QED) is 0.623. The SMILES string of the molecule is Cc1cc(Nc2cc(C(F)(F)F)ccc2Cl)nc(NCc2ccccn2)n1. The summed E-state index contributed by atoms with van der Waals surface area (Å²) in [6.07, 6.45) is -2.78. The molecule has 0 radical (unpaired) electrons.